The van der Waals surface area contributed by atoms with E-state index in [1.165, 1.54) is 11.8 Å². The largest absolute Gasteiger partial charge is 0.305 e. The summed E-state index contributed by atoms with van der Waals surface area (Å²) in [5.74, 6) is -0.0603. The molecule has 1 saturated heterocycles. The average Bonchev–Trinajstić information content (AvgIpc) is 2.69. The van der Waals surface area contributed by atoms with Gasteiger partial charge in [0.05, 0.1) is 4.92 Å². The predicted octanol–water partition coefficient (Wildman–Crippen LogP) is 0.770. The molecule has 9 heteroatoms. The second kappa shape index (κ2) is 5.31. The van der Waals surface area contributed by atoms with Gasteiger partial charge in [0, 0.05) is 25.1 Å². The molecule has 0 bridgehead atoms. The van der Waals surface area contributed by atoms with Crippen molar-refractivity contribution < 1.29 is 14.5 Å². The normalized spacial score (nSPS) is 18.7. The zero-order chi connectivity index (χ0) is 14.0. The lowest BCUT2D eigenvalue weighted by Crippen LogP contribution is -2.27. The fraction of sp³-hybridized carbons (Fsp3) is 0.400. The van der Waals surface area contributed by atoms with Crippen molar-refractivity contribution in [2.24, 2.45) is 0 Å². The summed E-state index contributed by atoms with van der Waals surface area (Å²) in [4.78, 5) is 41.6. The number of hydrogen-bond acceptors (Lipinski definition) is 7. The summed E-state index contributed by atoms with van der Waals surface area (Å²) in [7, 11) is 0. The van der Waals surface area contributed by atoms with Gasteiger partial charge in [-0.25, -0.2) is 9.97 Å². The van der Waals surface area contributed by atoms with Crippen LogP contribution in [0.25, 0.3) is 0 Å². The molecule has 0 N–H and O–H groups in total. The molecule has 0 radical (unpaired) electrons. The standard InChI is InChI=1S/C10H10N4O4S/c1-6(15)19-8-2-9(16)13(5-8)10-11-3-7(4-12-10)14(17)18/h3-4,8H,2,5H2,1H3. The van der Waals surface area contributed by atoms with Gasteiger partial charge in [-0.3, -0.25) is 24.6 Å². The predicted molar refractivity (Wildman–Crippen MR) is 67.7 cm³/mol. The number of carbonyl (C=O) groups excluding carboxylic acids is 2. The molecule has 1 aliphatic heterocycles. The van der Waals surface area contributed by atoms with E-state index in [2.05, 4.69) is 9.97 Å². The van der Waals surface area contributed by atoms with Gasteiger partial charge in [0.2, 0.25) is 11.9 Å². The Bertz CT molecular complexity index is 533. The molecule has 0 aromatic carbocycles. The zero-order valence-corrected chi connectivity index (χ0v) is 10.8. The Kier molecular flexibility index (Phi) is 3.74. The van der Waals surface area contributed by atoms with E-state index in [0.29, 0.717) is 6.54 Å². The molecule has 2 rings (SSSR count). The maximum Gasteiger partial charge on any atom is 0.305 e. The molecule has 0 saturated carbocycles. The highest BCUT2D eigenvalue weighted by molar-refractivity contribution is 8.14. The highest BCUT2D eigenvalue weighted by Crippen LogP contribution is 2.26. The Balaban J connectivity index is 2.11. The van der Waals surface area contributed by atoms with Crippen LogP contribution in [0.3, 0.4) is 0 Å². The number of rotatable bonds is 3. The van der Waals surface area contributed by atoms with Crippen molar-refractivity contribution >= 4 is 34.4 Å². The number of anilines is 1. The molecule has 1 aromatic rings. The van der Waals surface area contributed by atoms with Gasteiger partial charge in [0.15, 0.2) is 5.12 Å². The zero-order valence-electron chi connectivity index (χ0n) is 9.98. The third-order valence-electron chi connectivity index (χ3n) is 2.50. The van der Waals surface area contributed by atoms with Gasteiger partial charge >= 0.3 is 5.69 Å². The van der Waals surface area contributed by atoms with E-state index in [0.717, 1.165) is 24.2 Å². The van der Waals surface area contributed by atoms with Crippen molar-refractivity contribution in [3.8, 4) is 0 Å². The average molecular weight is 282 g/mol. The van der Waals surface area contributed by atoms with E-state index in [4.69, 9.17) is 0 Å². The Morgan fingerprint density at radius 3 is 2.68 bits per heavy atom. The molecule has 1 unspecified atom stereocenters. The molecule has 1 atom stereocenters. The summed E-state index contributed by atoms with van der Waals surface area (Å²) >= 11 is 1.11. The van der Waals surface area contributed by atoms with Crippen LogP contribution in [0.2, 0.25) is 0 Å². The first kappa shape index (κ1) is 13.4. The van der Waals surface area contributed by atoms with Crippen LogP contribution in [0.5, 0.6) is 0 Å². The second-order valence-electron chi connectivity index (χ2n) is 3.94. The molecule has 0 aliphatic carbocycles. The second-order valence-corrected chi connectivity index (χ2v) is 5.42. The molecule has 2 heterocycles. The van der Waals surface area contributed by atoms with E-state index < -0.39 is 4.92 Å². The number of aromatic nitrogens is 2. The third kappa shape index (κ3) is 3.05. The smallest absolute Gasteiger partial charge is 0.288 e. The SMILES string of the molecule is CC(=O)SC1CC(=O)N(c2ncc([N+](=O)[O-])cn2)C1. The van der Waals surface area contributed by atoms with Gasteiger partial charge < -0.3 is 0 Å². The third-order valence-corrected chi connectivity index (χ3v) is 3.48. The first-order valence-electron chi connectivity index (χ1n) is 5.41. The molecule has 1 aromatic heterocycles. The van der Waals surface area contributed by atoms with Gasteiger partial charge in [-0.2, -0.15) is 0 Å². The fourth-order valence-corrected chi connectivity index (χ4v) is 2.65. The molecular formula is C10H10N4O4S. The van der Waals surface area contributed by atoms with Crippen LogP contribution in [-0.4, -0.2) is 37.7 Å². The summed E-state index contributed by atoms with van der Waals surface area (Å²) in [5.41, 5.74) is -0.231. The van der Waals surface area contributed by atoms with Crippen molar-refractivity contribution in [1.82, 2.24) is 9.97 Å². The highest BCUT2D eigenvalue weighted by atomic mass is 32.2. The van der Waals surface area contributed by atoms with Gasteiger partial charge in [0.1, 0.15) is 12.4 Å². The number of nitrogens with zero attached hydrogens (tertiary/aromatic N) is 4. The fourth-order valence-electron chi connectivity index (χ4n) is 1.73. The number of thioether (sulfide) groups is 1. The van der Waals surface area contributed by atoms with Crippen LogP contribution in [0.1, 0.15) is 13.3 Å². The topological polar surface area (TPSA) is 106 Å². The maximum absolute atomic E-state index is 11.8. The lowest BCUT2D eigenvalue weighted by Gasteiger charge is -2.13. The first-order chi connectivity index (χ1) is 8.97. The number of nitro groups is 1. The van der Waals surface area contributed by atoms with Crippen LogP contribution in [0.15, 0.2) is 12.4 Å². The highest BCUT2D eigenvalue weighted by Gasteiger charge is 2.33. The maximum atomic E-state index is 11.8. The van der Waals surface area contributed by atoms with E-state index in [9.17, 15) is 19.7 Å². The summed E-state index contributed by atoms with van der Waals surface area (Å²) in [6.07, 6.45) is 2.35. The van der Waals surface area contributed by atoms with Crippen molar-refractivity contribution in [1.29, 1.82) is 0 Å². The minimum absolute atomic E-state index is 0.0516. The molecule has 0 spiro atoms. The van der Waals surface area contributed by atoms with E-state index >= 15 is 0 Å². The van der Waals surface area contributed by atoms with Crippen LogP contribution in [0.4, 0.5) is 11.6 Å². The Morgan fingerprint density at radius 2 is 2.16 bits per heavy atom. The van der Waals surface area contributed by atoms with Crippen LogP contribution in [-0.2, 0) is 9.59 Å². The molecule has 1 amide bonds. The molecule has 100 valence electrons. The van der Waals surface area contributed by atoms with Crippen LogP contribution >= 0.6 is 11.8 Å². The van der Waals surface area contributed by atoms with Crippen LogP contribution < -0.4 is 4.90 Å². The molecule has 1 fully saturated rings. The minimum Gasteiger partial charge on any atom is -0.288 e. The quantitative estimate of drug-likeness (QED) is 0.595. The summed E-state index contributed by atoms with van der Waals surface area (Å²) < 4.78 is 0. The number of carbonyl (C=O) groups is 2. The first-order valence-corrected chi connectivity index (χ1v) is 6.29. The summed E-state index contributed by atoms with van der Waals surface area (Å²) in [5, 5.41) is 10.3. The van der Waals surface area contributed by atoms with Gasteiger partial charge in [-0.05, 0) is 0 Å². The van der Waals surface area contributed by atoms with Gasteiger partial charge in [-0.1, -0.05) is 11.8 Å². The van der Waals surface area contributed by atoms with Crippen molar-refractivity contribution in [2.75, 3.05) is 11.4 Å². The Hall–Kier alpha value is -2.03. The molecule has 19 heavy (non-hydrogen) atoms. The monoisotopic (exact) mass is 282 g/mol. The number of hydrogen-bond donors (Lipinski definition) is 0. The van der Waals surface area contributed by atoms with Crippen molar-refractivity contribution in [3.05, 3.63) is 22.5 Å². The van der Waals surface area contributed by atoms with E-state index in [1.54, 1.807) is 0 Å². The molecule has 8 nitrogen and oxygen atoms in total. The van der Waals surface area contributed by atoms with Gasteiger partial charge in [-0.15, -0.1) is 0 Å². The van der Waals surface area contributed by atoms with E-state index in [-0.39, 0.29) is 34.3 Å². The minimum atomic E-state index is -0.607. The lowest BCUT2D eigenvalue weighted by atomic mass is 10.4. The lowest BCUT2D eigenvalue weighted by molar-refractivity contribution is -0.385. The molecular weight excluding hydrogens is 272 g/mol. The Morgan fingerprint density at radius 1 is 1.53 bits per heavy atom. The van der Waals surface area contributed by atoms with Crippen LogP contribution in [0, 0.1) is 10.1 Å². The van der Waals surface area contributed by atoms with Gasteiger partial charge in [0.25, 0.3) is 0 Å². The Labute approximate surface area is 112 Å². The summed E-state index contributed by atoms with van der Waals surface area (Å²) in [6.45, 7) is 1.78. The van der Waals surface area contributed by atoms with Crippen molar-refractivity contribution in [2.45, 2.75) is 18.6 Å². The van der Waals surface area contributed by atoms with E-state index in [1.807, 2.05) is 0 Å². The van der Waals surface area contributed by atoms with Crippen molar-refractivity contribution in [3.63, 3.8) is 0 Å². The summed E-state index contributed by atoms with van der Waals surface area (Å²) in [6, 6.07) is 0. The molecule has 1 aliphatic rings. The number of amides is 1.